The predicted octanol–water partition coefficient (Wildman–Crippen LogP) is 4.90. The molecule has 4 nitrogen and oxygen atoms in total. The maximum Gasteiger partial charge on any atom is 0.101 e. The first kappa shape index (κ1) is 17.8. The van der Waals surface area contributed by atoms with Gasteiger partial charge in [-0.3, -0.25) is 0 Å². The Balaban J connectivity index is 2.02. The van der Waals surface area contributed by atoms with Crippen LogP contribution in [0.2, 0.25) is 0 Å². The molecular weight excluding hydrogens is 360 g/mol. The molecule has 0 radical (unpaired) electrons. The number of anilines is 2. The van der Waals surface area contributed by atoms with E-state index < -0.39 is 0 Å². The Morgan fingerprint density at radius 3 is 1.27 bits per heavy atom. The summed E-state index contributed by atoms with van der Waals surface area (Å²) in [6.07, 6.45) is 0. The normalized spacial score (nSPS) is 10.1. The summed E-state index contributed by atoms with van der Waals surface area (Å²) < 4.78 is 0. The number of rotatable bonds is 4. The van der Waals surface area contributed by atoms with E-state index in [1.54, 1.807) is 12.1 Å². The fourth-order valence-corrected chi connectivity index (χ4v) is 4.20. The van der Waals surface area contributed by atoms with E-state index in [1.165, 1.54) is 23.5 Å². The molecule has 26 heavy (non-hydrogen) atoms. The van der Waals surface area contributed by atoms with Crippen LogP contribution in [0.25, 0.3) is 0 Å². The second-order valence-electron chi connectivity index (χ2n) is 5.41. The number of nitriles is 2. The van der Waals surface area contributed by atoms with Crippen molar-refractivity contribution in [2.45, 2.75) is 19.6 Å². The minimum absolute atomic E-state index is 0.368. The predicted molar refractivity (Wildman–Crippen MR) is 106 cm³/mol. The zero-order chi connectivity index (χ0) is 18.5. The Morgan fingerprint density at radius 2 is 0.962 bits per heavy atom. The SMILES string of the molecule is N#Cc1cc(Sc2ccc(N)cc2)c(Sc2ccc(N)cc2)cc1C#N. The van der Waals surface area contributed by atoms with Crippen LogP contribution in [0, 0.1) is 22.7 Å². The Morgan fingerprint density at radius 1 is 0.615 bits per heavy atom. The average Bonchev–Trinajstić information content (AvgIpc) is 2.66. The molecule has 3 rings (SSSR count). The molecule has 0 spiro atoms. The van der Waals surface area contributed by atoms with E-state index in [-0.39, 0.29) is 0 Å². The highest BCUT2D eigenvalue weighted by Crippen LogP contribution is 2.40. The molecule has 3 aromatic rings. The summed E-state index contributed by atoms with van der Waals surface area (Å²) in [5, 5.41) is 18.7. The topological polar surface area (TPSA) is 99.6 Å². The zero-order valence-corrected chi connectivity index (χ0v) is 15.3. The van der Waals surface area contributed by atoms with Crippen LogP contribution in [0.3, 0.4) is 0 Å². The maximum absolute atomic E-state index is 9.34. The van der Waals surface area contributed by atoms with Crippen LogP contribution < -0.4 is 11.5 Å². The van der Waals surface area contributed by atoms with E-state index in [2.05, 4.69) is 12.1 Å². The molecular formula is C20H14N4S2. The molecule has 0 unspecified atom stereocenters. The third-order valence-electron chi connectivity index (χ3n) is 3.54. The molecule has 0 saturated carbocycles. The van der Waals surface area contributed by atoms with Gasteiger partial charge in [-0.1, -0.05) is 23.5 Å². The van der Waals surface area contributed by atoms with Gasteiger partial charge in [-0.2, -0.15) is 10.5 Å². The maximum atomic E-state index is 9.34. The van der Waals surface area contributed by atoms with E-state index in [0.717, 1.165) is 19.6 Å². The van der Waals surface area contributed by atoms with E-state index in [4.69, 9.17) is 11.5 Å². The summed E-state index contributed by atoms with van der Waals surface area (Å²) in [6, 6.07) is 22.8. The van der Waals surface area contributed by atoms with Crippen LogP contribution in [-0.2, 0) is 0 Å². The lowest BCUT2D eigenvalue weighted by Crippen LogP contribution is -1.90. The minimum Gasteiger partial charge on any atom is -0.399 e. The molecule has 6 heteroatoms. The van der Waals surface area contributed by atoms with E-state index in [9.17, 15) is 10.5 Å². The van der Waals surface area contributed by atoms with Gasteiger partial charge in [0.25, 0.3) is 0 Å². The third-order valence-corrected chi connectivity index (χ3v) is 5.80. The highest BCUT2D eigenvalue weighted by Gasteiger charge is 2.13. The van der Waals surface area contributed by atoms with Gasteiger partial charge < -0.3 is 11.5 Å². The first-order valence-electron chi connectivity index (χ1n) is 7.64. The first-order valence-corrected chi connectivity index (χ1v) is 9.27. The highest BCUT2D eigenvalue weighted by atomic mass is 32.2. The van der Waals surface area contributed by atoms with Gasteiger partial charge >= 0.3 is 0 Å². The van der Waals surface area contributed by atoms with Crippen molar-refractivity contribution in [2.75, 3.05) is 11.5 Å². The largest absolute Gasteiger partial charge is 0.399 e. The molecule has 0 aliphatic rings. The number of benzene rings is 3. The molecule has 0 aliphatic carbocycles. The summed E-state index contributed by atoms with van der Waals surface area (Å²) in [7, 11) is 0. The lowest BCUT2D eigenvalue weighted by molar-refractivity contribution is 1.20. The lowest BCUT2D eigenvalue weighted by atomic mass is 10.1. The van der Waals surface area contributed by atoms with Crippen molar-refractivity contribution in [1.29, 1.82) is 10.5 Å². The van der Waals surface area contributed by atoms with Crippen LogP contribution in [0.5, 0.6) is 0 Å². The van der Waals surface area contributed by atoms with Crippen LogP contribution >= 0.6 is 23.5 Å². The quantitative estimate of drug-likeness (QED) is 0.630. The summed E-state index contributed by atoms with van der Waals surface area (Å²) in [5.74, 6) is 0. The zero-order valence-electron chi connectivity index (χ0n) is 13.6. The molecule has 3 aromatic carbocycles. The molecule has 4 N–H and O–H groups in total. The smallest absolute Gasteiger partial charge is 0.101 e. The monoisotopic (exact) mass is 374 g/mol. The lowest BCUT2D eigenvalue weighted by Gasteiger charge is -2.11. The van der Waals surface area contributed by atoms with Gasteiger partial charge in [0.05, 0.1) is 11.1 Å². The van der Waals surface area contributed by atoms with Gasteiger partial charge in [-0.05, 0) is 60.7 Å². The first-order chi connectivity index (χ1) is 12.6. The molecule has 126 valence electrons. The summed E-state index contributed by atoms with van der Waals surface area (Å²) in [6.45, 7) is 0. The van der Waals surface area contributed by atoms with Crippen molar-refractivity contribution in [3.63, 3.8) is 0 Å². The van der Waals surface area contributed by atoms with Gasteiger partial charge in [0.1, 0.15) is 12.1 Å². The molecule has 0 atom stereocenters. The van der Waals surface area contributed by atoms with Gasteiger partial charge in [-0.25, -0.2) is 0 Å². The van der Waals surface area contributed by atoms with Gasteiger partial charge in [0, 0.05) is 31.0 Å². The highest BCUT2D eigenvalue weighted by molar-refractivity contribution is 8.02. The molecule has 0 amide bonds. The van der Waals surface area contributed by atoms with Crippen molar-refractivity contribution in [1.82, 2.24) is 0 Å². The van der Waals surface area contributed by atoms with Crippen molar-refractivity contribution >= 4 is 34.9 Å². The Hall–Kier alpha value is -3.06. The molecule has 0 saturated heterocycles. The summed E-state index contributed by atoms with van der Waals surface area (Å²) >= 11 is 3.06. The second-order valence-corrected chi connectivity index (χ2v) is 7.64. The molecule has 0 heterocycles. The van der Waals surface area contributed by atoms with Crippen LogP contribution in [0.15, 0.2) is 80.2 Å². The second kappa shape index (κ2) is 7.88. The Labute approximate surface area is 160 Å². The van der Waals surface area contributed by atoms with Crippen molar-refractivity contribution in [3.05, 3.63) is 71.8 Å². The van der Waals surface area contributed by atoms with Gasteiger partial charge in [0.2, 0.25) is 0 Å². The van der Waals surface area contributed by atoms with E-state index >= 15 is 0 Å². The van der Waals surface area contributed by atoms with E-state index in [1.807, 2.05) is 48.5 Å². The molecule has 0 aliphatic heterocycles. The van der Waals surface area contributed by atoms with Crippen molar-refractivity contribution in [3.8, 4) is 12.1 Å². The summed E-state index contributed by atoms with van der Waals surface area (Å²) in [5.41, 5.74) is 13.6. The fourth-order valence-electron chi connectivity index (χ4n) is 2.23. The standard InChI is InChI=1S/C20H14N4S2/c21-11-13-9-19(25-17-5-1-15(23)2-6-17)20(10-14(13)12-22)26-18-7-3-16(24)4-8-18/h1-10H,23-24H2. The van der Waals surface area contributed by atoms with Gasteiger partial charge in [-0.15, -0.1) is 0 Å². The minimum atomic E-state index is 0.368. The fraction of sp³-hybridized carbons (Fsp3) is 0. The number of hydrogen-bond donors (Lipinski definition) is 2. The van der Waals surface area contributed by atoms with Crippen LogP contribution in [0.1, 0.15) is 11.1 Å². The number of nitrogens with two attached hydrogens (primary N) is 2. The van der Waals surface area contributed by atoms with Crippen molar-refractivity contribution < 1.29 is 0 Å². The van der Waals surface area contributed by atoms with Crippen molar-refractivity contribution in [2.24, 2.45) is 0 Å². The van der Waals surface area contributed by atoms with E-state index in [0.29, 0.717) is 22.5 Å². The molecule has 0 aromatic heterocycles. The Kier molecular flexibility index (Phi) is 5.38. The average molecular weight is 374 g/mol. The van der Waals surface area contributed by atoms with Gasteiger partial charge in [0.15, 0.2) is 0 Å². The number of nitrogen functional groups attached to an aromatic ring is 2. The number of nitrogens with zero attached hydrogens (tertiary/aromatic N) is 2. The molecule has 0 fully saturated rings. The summed E-state index contributed by atoms with van der Waals surface area (Å²) in [4.78, 5) is 3.83. The Bertz CT molecular complexity index is 929. The number of hydrogen-bond acceptors (Lipinski definition) is 6. The third kappa shape index (κ3) is 4.12. The van der Waals surface area contributed by atoms with Crippen LogP contribution in [0.4, 0.5) is 11.4 Å². The molecule has 0 bridgehead atoms. The van der Waals surface area contributed by atoms with Crippen LogP contribution in [-0.4, -0.2) is 0 Å².